The van der Waals surface area contributed by atoms with Crippen molar-refractivity contribution in [3.8, 4) is 16.9 Å². The maximum atomic E-state index is 14.1. The molecule has 0 unspecified atom stereocenters. The number of carbonyl (C=O) groups excluding carboxylic acids is 1. The second kappa shape index (κ2) is 7.91. The van der Waals surface area contributed by atoms with Crippen molar-refractivity contribution in [3.05, 3.63) is 113 Å². The van der Waals surface area contributed by atoms with Gasteiger partial charge in [-0.25, -0.2) is 0 Å². The molecule has 0 radical (unpaired) electrons. The van der Waals surface area contributed by atoms with E-state index in [1.165, 1.54) is 0 Å². The molecule has 4 rings (SSSR count). The number of carbonyl (C=O) groups is 1. The lowest BCUT2D eigenvalue weighted by molar-refractivity contribution is -0.142. The van der Waals surface area contributed by atoms with E-state index in [0.29, 0.717) is 16.8 Å². The molecule has 0 N–H and O–H groups in total. The first-order valence-corrected chi connectivity index (χ1v) is 9.82. The molecular weight excluding hydrogens is 399 g/mol. The highest BCUT2D eigenvalue weighted by Gasteiger charge is 2.38. The van der Waals surface area contributed by atoms with Crippen LogP contribution in [0.5, 0.6) is 0 Å². The molecular formula is C26H20F3NO. The van der Waals surface area contributed by atoms with Crippen LogP contribution in [0.3, 0.4) is 0 Å². The minimum Gasteiger partial charge on any atom is -0.305 e. The van der Waals surface area contributed by atoms with Crippen molar-refractivity contribution in [3.63, 3.8) is 0 Å². The van der Waals surface area contributed by atoms with Crippen LogP contribution in [0.1, 0.15) is 32.7 Å². The average molecular weight is 419 g/mol. The molecule has 0 fully saturated rings. The molecule has 4 aromatic rings. The Bertz CT molecular complexity index is 1250. The van der Waals surface area contributed by atoms with Gasteiger partial charge in [-0.05, 0) is 49.7 Å². The maximum absolute atomic E-state index is 14.1. The summed E-state index contributed by atoms with van der Waals surface area (Å²) >= 11 is 0. The molecule has 156 valence electrons. The number of alkyl halides is 3. The molecule has 0 saturated heterocycles. The van der Waals surface area contributed by atoms with Crippen LogP contribution in [-0.4, -0.2) is 10.4 Å². The number of ketones is 1. The first-order chi connectivity index (χ1) is 14.8. The lowest BCUT2D eigenvalue weighted by atomic mass is 9.98. The van der Waals surface area contributed by atoms with Gasteiger partial charge in [0.15, 0.2) is 5.78 Å². The van der Waals surface area contributed by atoms with Gasteiger partial charge in [-0.1, -0.05) is 65.7 Å². The molecule has 3 aromatic carbocycles. The number of para-hydroxylation sites is 1. The number of aromatic nitrogens is 1. The van der Waals surface area contributed by atoms with Gasteiger partial charge in [0.25, 0.3) is 0 Å². The molecule has 2 nitrogen and oxygen atoms in total. The van der Waals surface area contributed by atoms with Crippen molar-refractivity contribution in [1.29, 1.82) is 0 Å². The van der Waals surface area contributed by atoms with Gasteiger partial charge in [-0.2, -0.15) is 13.2 Å². The predicted molar refractivity (Wildman–Crippen MR) is 116 cm³/mol. The van der Waals surface area contributed by atoms with Crippen molar-refractivity contribution < 1.29 is 18.0 Å². The largest absolute Gasteiger partial charge is 0.431 e. The van der Waals surface area contributed by atoms with Gasteiger partial charge in [0.1, 0.15) is 5.69 Å². The fraction of sp³-hybridized carbons (Fsp3) is 0.115. The van der Waals surface area contributed by atoms with E-state index < -0.39 is 17.7 Å². The summed E-state index contributed by atoms with van der Waals surface area (Å²) in [5, 5.41) is 0. The summed E-state index contributed by atoms with van der Waals surface area (Å²) < 4.78 is 43.5. The molecule has 0 aliphatic rings. The van der Waals surface area contributed by atoms with Gasteiger partial charge < -0.3 is 4.57 Å². The van der Waals surface area contributed by atoms with Crippen LogP contribution in [0.2, 0.25) is 0 Å². The molecule has 0 bridgehead atoms. The van der Waals surface area contributed by atoms with Crippen molar-refractivity contribution in [1.82, 2.24) is 4.57 Å². The zero-order valence-corrected chi connectivity index (χ0v) is 17.1. The maximum Gasteiger partial charge on any atom is 0.431 e. The van der Waals surface area contributed by atoms with Crippen molar-refractivity contribution >= 4 is 5.78 Å². The summed E-state index contributed by atoms with van der Waals surface area (Å²) in [6, 6.07) is 23.3. The second-order valence-corrected chi connectivity index (χ2v) is 7.53. The molecule has 0 atom stereocenters. The van der Waals surface area contributed by atoms with Crippen LogP contribution in [-0.2, 0) is 6.18 Å². The summed E-state index contributed by atoms with van der Waals surface area (Å²) in [5.74, 6) is -0.444. The van der Waals surface area contributed by atoms with E-state index in [1.807, 2.05) is 26.0 Å². The fourth-order valence-electron chi connectivity index (χ4n) is 3.76. The number of benzene rings is 3. The van der Waals surface area contributed by atoms with Gasteiger partial charge in [-0.15, -0.1) is 0 Å². The monoisotopic (exact) mass is 419 g/mol. The topological polar surface area (TPSA) is 22.0 Å². The standard InChI is InChI=1S/C26H20F3NO/c1-17-8-6-10-19(14-17)24-22(25(31)20-11-7-9-18(2)15-20)16-23(26(27,28)29)30(24)21-12-4-3-5-13-21/h3-16H,1-2H3. The Morgan fingerprint density at radius 1 is 0.774 bits per heavy atom. The quantitative estimate of drug-likeness (QED) is 0.326. The molecule has 0 aliphatic heterocycles. The third-order valence-corrected chi connectivity index (χ3v) is 5.12. The van der Waals surface area contributed by atoms with Gasteiger partial charge in [-0.3, -0.25) is 4.79 Å². The molecule has 0 amide bonds. The zero-order valence-electron chi connectivity index (χ0n) is 17.1. The Morgan fingerprint density at radius 2 is 1.42 bits per heavy atom. The summed E-state index contributed by atoms with van der Waals surface area (Å²) in [5.41, 5.74) is 2.37. The second-order valence-electron chi connectivity index (χ2n) is 7.53. The van der Waals surface area contributed by atoms with E-state index in [9.17, 15) is 18.0 Å². The highest BCUT2D eigenvalue weighted by atomic mass is 19.4. The Hall–Kier alpha value is -3.60. The number of hydrogen-bond acceptors (Lipinski definition) is 1. The molecule has 1 heterocycles. The third kappa shape index (κ3) is 4.04. The molecule has 31 heavy (non-hydrogen) atoms. The van der Waals surface area contributed by atoms with Crippen LogP contribution in [0, 0.1) is 13.8 Å². The summed E-state index contributed by atoms with van der Waals surface area (Å²) in [7, 11) is 0. The van der Waals surface area contributed by atoms with Crippen LogP contribution in [0.4, 0.5) is 13.2 Å². The first-order valence-electron chi connectivity index (χ1n) is 9.82. The number of hydrogen-bond donors (Lipinski definition) is 0. The Morgan fingerprint density at radius 3 is 2.03 bits per heavy atom. The smallest absolute Gasteiger partial charge is 0.305 e. The SMILES string of the molecule is Cc1cccc(C(=O)c2cc(C(F)(F)F)n(-c3ccccc3)c2-c2cccc(C)c2)c1. The van der Waals surface area contributed by atoms with Crippen LogP contribution in [0.25, 0.3) is 16.9 Å². The summed E-state index contributed by atoms with van der Waals surface area (Å²) in [6.07, 6.45) is -4.64. The number of halogens is 3. The van der Waals surface area contributed by atoms with Gasteiger partial charge in [0.05, 0.1) is 5.69 Å². The molecule has 0 aliphatic carbocycles. The van der Waals surface area contributed by atoms with E-state index in [0.717, 1.165) is 21.8 Å². The van der Waals surface area contributed by atoms with Crippen molar-refractivity contribution in [2.45, 2.75) is 20.0 Å². The van der Waals surface area contributed by atoms with Crippen molar-refractivity contribution in [2.75, 3.05) is 0 Å². The van der Waals surface area contributed by atoms with Crippen LogP contribution < -0.4 is 0 Å². The highest BCUT2D eigenvalue weighted by Crippen LogP contribution is 2.40. The molecule has 0 saturated carbocycles. The van der Waals surface area contributed by atoms with Crippen molar-refractivity contribution in [2.24, 2.45) is 0 Å². The van der Waals surface area contributed by atoms with E-state index >= 15 is 0 Å². The van der Waals surface area contributed by atoms with Crippen LogP contribution in [0.15, 0.2) is 84.9 Å². The first kappa shape index (κ1) is 20.7. The minimum atomic E-state index is -4.64. The highest BCUT2D eigenvalue weighted by molar-refractivity contribution is 6.13. The summed E-state index contributed by atoms with van der Waals surface area (Å²) in [4.78, 5) is 13.4. The normalized spacial score (nSPS) is 11.5. The van der Waals surface area contributed by atoms with Crippen LogP contribution >= 0.6 is 0 Å². The van der Waals surface area contributed by atoms with Gasteiger partial charge in [0.2, 0.25) is 0 Å². The number of nitrogens with zero attached hydrogens (tertiary/aromatic N) is 1. The number of aryl methyl sites for hydroxylation is 2. The average Bonchev–Trinajstić information content (AvgIpc) is 3.15. The Labute approximate surface area is 178 Å². The Kier molecular flexibility index (Phi) is 5.27. The number of rotatable bonds is 4. The molecule has 5 heteroatoms. The predicted octanol–water partition coefficient (Wildman–Crippen LogP) is 7.01. The van der Waals surface area contributed by atoms with Gasteiger partial charge >= 0.3 is 6.18 Å². The van der Waals surface area contributed by atoms with E-state index in [1.54, 1.807) is 66.7 Å². The zero-order chi connectivity index (χ0) is 22.2. The fourth-order valence-corrected chi connectivity index (χ4v) is 3.76. The molecule has 1 aromatic heterocycles. The van der Waals surface area contributed by atoms with Gasteiger partial charge in [0, 0.05) is 16.8 Å². The van der Waals surface area contributed by atoms with E-state index in [2.05, 4.69) is 0 Å². The summed E-state index contributed by atoms with van der Waals surface area (Å²) in [6.45, 7) is 3.71. The Balaban J connectivity index is 2.07. The minimum absolute atomic E-state index is 0.0207. The third-order valence-electron chi connectivity index (χ3n) is 5.12. The van der Waals surface area contributed by atoms with E-state index in [-0.39, 0.29) is 11.3 Å². The van der Waals surface area contributed by atoms with E-state index in [4.69, 9.17) is 0 Å². The lowest BCUT2D eigenvalue weighted by Crippen LogP contribution is -2.13. The lowest BCUT2D eigenvalue weighted by Gasteiger charge is -2.16. The molecule has 0 spiro atoms.